The second-order valence-corrected chi connectivity index (χ2v) is 12.3. The number of aromatic nitrogens is 1. The summed E-state index contributed by atoms with van der Waals surface area (Å²) in [5.41, 5.74) is 14.7. The fraction of sp³-hybridized carbons (Fsp3) is 0.0652. The van der Waals surface area contributed by atoms with Gasteiger partial charge in [0.25, 0.3) is 0 Å². The minimum absolute atomic E-state index is 0.783. The van der Waals surface area contributed by atoms with Crippen molar-refractivity contribution in [3.8, 4) is 16.8 Å². The highest BCUT2D eigenvalue weighted by atomic mass is 16.3. The van der Waals surface area contributed by atoms with Gasteiger partial charge in [0, 0.05) is 63.0 Å². The van der Waals surface area contributed by atoms with Gasteiger partial charge in [-0.3, -0.25) is 4.99 Å². The summed E-state index contributed by atoms with van der Waals surface area (Å²) >= 11 is 0. The van der Waals surface area contributed by atoms with E-state index in [9.17, 15) is 0 Å². The largest absolute Gasteiger partial charge is 0.460 e. The summed E-state index contributed by atoms with van der Waals surface area (Å²) < 4.78 is 15.4. The van der Waals surface area contributed by atoms with Gasteiger partial charge in [-0.15, -0.1) is 0 Å². The number of hydrogen-bond acceptors (Lipinski definition) is 4. The molecule has 0 fully saturated rings. The maximum atomic E-state index is 6.55. The summed E-state index contributed by atoms with van der Waals surface area (Å²) in [4.78, 5) is 4.86. The monoisotopic (exact) mass is 663 g/mol. The zero-order valence-corrected chi connectivity index (χ0v) is 28.4. The Morgan fingerprint density at radius 1 is 0.627 bits per heavy atom. The molecular formula is C46H37N3O2. The molecular weight excluding hydrogens is 627 g/mol. The first-order valence-corrected chi connectivity index (χ1v) is 17.3. The van der Waals surface area contributed by atoms with Crippen molar-refractivity contribution in [2.24, 2.45) is 10.7 Å². The fourth-order valence-electron chi connectivity index (χ4n) is 7.00. The molecule has 51 heavy (non-hydrogen) atoms. The Balaban J connectivity index is 1.25. The van der Waals surface area contributed by atoms with Crippen molar-refractivity contribution >= 4 is 49.5 Å². The lowest BCUT2D eigenvalue weighted by molar-refractivity contribution is 0.504. The Kier molecular flexibility index (Phi) is 8.76. The van der Waals surface area contributed by atoms with Gasteiger partial charge in [0.15, 0.2) is 0 Å². The molecule has 0 unspecified atom stereocenters. The molecule has 0 atom stereocenters. The number of aryl methyl sites for hydroxylation is 2. The van der Waals surface area contributed by atoms with Crippen LogP contribution in [0.25, 0.3) is 60.6 Å². The summed E-state index contributed by atoms with van der Waals surface area (Å²) in [6, 6.07) is 30.1. The van der Waals surface area contributed by atoms with E-state index in [0.29, 0.717) is 0 Å². The lowest BCUT2D eigenvalue weighted by Gasteiger charge is -2.11. The van der Waals surface area contributed by atoms with E-state index in [0.717, 1.165) is 74.4 Å². The van der Waals surface area contributed by atoms with Crippen LogP contribution in [0.1, 0.15) is 24.0 Å². The third kappa shape index (κ3) is 6.00. The highest BCUT2D eigenvalue weighted by Crippen LogP contribution is 2.47. The Morgan fingerprint density at radius 2 is 1.22 bits per heavy atom. The SMILES string of the molecule is C/C=C/C=C\C=C/N=C(/C=C/C=C/C=C\C=C/N)c1ccc2oc3c(c2c1)-c1c(oc2ccc(-n4c5ccccc5c5ccccc54)cc12)CC3. The highest BCUT2D eigenvalue weighted by Gasteiger charge is 2.29. The number of benzene rings is 4. The molecule has 0 amide bonds. The molecule has 1 aliphatic rings. The van der Waals surface area contributed by atoms with E-state index in [4.69, 9.17) is 19.6 Å². The van der Waals surface area contributed by atoms with Crippen LogP contribution >= 0.6 is 0 Å². The molecule has 0 saturated carbocycles. The molecule has 1 aliphatic carbocycles. The maximum absolute atomic E-state index is 6.55. The number of aliphatic imine (C=N–C) groups is 1. The Labute approximate surface area is 296 Å². The number of hydrogen-bond donors (Lipinski definition) is 1. The van der Waals surface area contributed by atoms with Gasteiger partial charge >= 0.3 is 0 Å². The lowest BCUT2D eigenvalue weighted by Crippen LogP contribution is -2.00. The number of fused-ring (bicyclic) bond motifs is 10. The van der Waals surface area contributed by atoms with E-state index in [2.05, 4.69) is 89.5 Å². The van der Waals surface area contributed by atoms with Crippen LogP contribution in [-0.4, -0.2) is 10.3 Å². The fourth-order valence-corrected chi connectivity index (χ4v) is 7.00. The first-order chi connectivity index (χ1) is 25.2. The predicted molar refractivity (Wildman–Crippen MR) is 214 cm³/mol. The van der Waals surface area contributed by atoms with Gasteiger partial charge < -0.3 is 19.1 Å². The van der Waals surface area contributed by atoms with Crippen LogP contribution in [-0.2, 0) is 12.8 Å². The summed E-state index contributed by atoms with van der Waals surface area (Å²) in [5.74, 6) is 1.99. The third-order valence-corrected chi connectivity index (χ3v) is 9.21. The van der Waals surface area contributed by atoms with Crippen LogP contribution in [0, 0.1) is 0 Å². The molecule has 4 aromatic carbocycles. The molecule has 3 heterocycles. The standard InChI is InChI=1S/C46H37N3O2/c1-2-3-4-9-16-29-48-38(19-10-7-5-6-8-15-28-47)32-22-24-41-36(30-32)45-43(50-41)26-27-44-46(45)37-31-33(23-25-42(37)51-44)49-39-20-13-11-17-34(39)35-18-12-14-21-40(35)49/h2-25,28-31H,26-27,47H2,1H3/b3-2+,7-5+,8-6-,9-4-,19-10+,28-15-,29-16-,48-38-. The molecule has 2 N–H and O–H groups in total. The summed E-state index contributed by atoms with van der Waals surface area (Å²) in [6.45, 7) is 1.99. The van der Waals surface area contributed by atoms with Crippen molar-refractivity contribution in [3.05, 3.63) is 187 Å². The van der Waals surface area contributed by atoms with Gasteiger partial charge in [-0.1, -0.05) is 91.1 Å². The predicted octanol–water partition coefficient (Wildman–Crippen LogP) is 11.6. The first kappa shape index (κ1) is 31.7. The molecule has 0 spiro atoms. The molecule has 5 nitrogen and oxygen atoms in total. The lowest BCUT2D eigenvalue weighted by atomic mass is 9.90. The molecule has 3 aromatic heterocycles. The van der Waals surface area contributed by atoms with Crippen molar-refractivity contribution in [1.29, 1.82) is 0 Å². The zero-order valence-electron chi connectivity index (χ0n) is 28.4. The van der Waals surface area contributed by atoms with Gasteiger partial charge in [0.05, 0.1) is 16.7 Å². The normalized spacial score (nSPS) is 14.3. The summed E-state index contributed by atoms with van der Waals surface area (Å²) in [6.07, 6.45) is 28.3. The number of para-hydroxylation sites is 2. The molecule has 0 aliphatic heterocycles. The number of furan rings is 2. The number of rotatable bonds is 9. The van der Waals surface area contributed by atoms with Crippen LogP contribution < -0.4 is 5.73 Å². The molecule has 0 bridgehead atoms. The zero-order chi connectivity index (χ0) is 34.6. The number of nitrogens with two attached hydrogens (primary N) is 1. The van der Waals surface area contributed by atoms with Crippen molar-refractivity contribution < 1.29 is 8.83 Å². The van der Waals surface area contributed by atoms with Crippen LogP contribution in [0.15, 0.2) is 184 Å². The van der Waals surface area contributed by atoms with Crippen LogP contribution in [0.2, 0.25) is 0 Å². The van der Waals surface area contributed by atoms with Crippen molar-refractivity contribution in [3.63, 3.8) is 0 Å². The van der Waals surface area contributed by atoms with Crippen molar-refractivity contribution in [1.82, 2.24) is 4.57 Å². The van der Waals surface area contributed by atoms with E-state index in [1.807, 2.05) is 80.0 Å². The highest BCUT2D eigenvalue weighted by molar-refractivity contribution is 6.14. The second kappa shape index (κ2) is 14.1. The number of allylic oxidation sites excluding steroid dienone is 12. The first-order valence-electron chi connectivity index (χ1n) is 17.3. The van der Waals surface area contributed by atoms with E-state index in [1.165, 1.54) is 28.0 Å². The minimum Gasteiger partial charge on any atom is -0.460 e. The van der Waals surface area contributed by atoms with Gasteiger partial charge in [-0.25, -0.2) is 0 Å². The average Bonchev–Trinajstić information content (AvgIpc) is 3.83. The van der Waals surface area contributed by atoms with Crippen LogP contribution in [0.3, 0.4) is 0 Å². The number of nitrogens with zero attached hydrogens (tertiary/aromatic N) is 2. The van der Waals surface area contributed by atoms with Crippen molar-refractivity contribution in [2.45, 2.75) is 19.8 Å². The van der Waals surface area contributed by atoms with Crippen LogP contribution in [0.5, 0.6) is 0 Å². The molecule has 0 saturated heterocycles. The molecule has 7 aromatic rings. The van der Waals surface area contributed by atoms with Crippen molar-refractivity contribution in [2.75, 3.05) is 0 Å². The topological polar surface area (TPSA) is 69.6 Å². The van der Waals surface area contributed by atoms with E-state index < -0.39 is 0 Å². The van der Waals surface area contributed by atoms with Gasteiger partial charge in [0.2, 0.25) is 0 Å². The van der Waals surface area contributed by atoms with Crippen LogP contribution in [0.4, 0.5) is 0 Å². The second-order valence-electron chi connectivity index (χ2n) is 12.3. The Hall–Kier alpha value is -6.59. The molecule has 0 radical (unpaired) electrons. The van der Waals surface area contributed by atoms with E-state index in [1.54, 1.807) is 6.08 Å². The molecule has 248 valence electrons. The summed E-state index contributed by atoms with van der Waals surface area (Å²) in [7, 11) is 0. The van der Waals surface area contributed by atoms with E-state index >= 15 is 0 Å². The molecule has 5 heteroatoms. The van der Waals surface area contributed by atoms with Gasteiger partial charge in [-0.05, 0) is 79.9 Å². The van der Waals surface area contributed by atoms with Gasteiger partial charge in [0.1, 0.15) is 22.7 Å². The maximum Gasteiger partial charge on any atom is 0.135 e. The smallest absolute Gasteiger partial charge is 0.135 e. The van der Waals surface area contributed by atoms with Gasteiger partial charge in [-0.2, -0.15) is 0 Å². The Morgan fingerprint density at radius 3 is 1.90 bits per heavy atom. The average molecular weight is 664 g/mol. The van der Waals surface area contributed by atoms with E-state index in [-0.39, 0.29) is 0 Å². The Bertz CT molecular complexity index is 2610. The quantitative estimate of drug-likeness (QED) is 0.123. The molecule has 8 rings (SSSR count). The third-order valence-electron chi connectivity index (χ3n) is 9.21. The minimum atomic E-state index is 0.783. The summed E-state index contributed by atoms with van der Waals surface area (Å²) in [5, 5.41) is 4.62.